The van der Waals surface area contributed by atoms with Crippen LogP contribution in [0, 0.1) is 29.5 Å². The topological polar surface area (TPSA) is 12.0 Å². The lowest BCUT2D eigenvalue weighted by molar-refractivity contribution is 0.272. The molecule has 4 fully saturated rings. The Morgan fingerprint density at radius 1 is 0.900 bits per heavy atom. The molecule has 4 saturated carbocycles. The lowest BCUT2D eigenvalue weighted by atomic mass is 9.75. The molecule has 4 aliphatic carbocycles. The highest BCUT2D eigenvalue weighted by molar-refractivity contribution is 5.24. The summed E-state index contributed by atoms with van der Waals surface area (Å²) in [5.74, 6) is 4.75. The maximum Gasteiger partial charge on any atom is 0.123 e. The molecule has 0 radical (unpaired) electrons. The third-order valence-corrected chi connectivity index (χ3v) is 6.64. The SMILES string of the molecule is Fc1ccc(C2CC(NC3C4C5CCC(C5)C34)C2)cc1. The Hall–Kier alpha value is -0.890. The fraction of sp³-hybridized carbons (Fsp3) is 0.667. The van der Waals surface area contributed by atoms with Crippen molar-refractivity contribution in [1.29, 1.82) is 0 Å². The first-order valence-electron chi connectivity index (χ1n) is 8.31. The van der Waals surface area contributed by atoms with E-state index >= 15 is 0 Å². The van der Waals surface area contributed by atoms with Gasteiger partial charge in [0.05, 0.1) is 0 Å². The van der Waals surface area contributed by atoms with E-state index in [1.165, 1.54) is 37.7 Å². The number of hydrogen-bond donors (Lipinski definition) is 1. The van der Waals surface area contributed by atoms with Crippen LogP contribution in [0.3, 0.4) is 0 Å². The van der Waals surface area contributed by atoms with Crippen molar-refractivity contribution in [2.75, 3.05) is 0 Å². The number of rotatable bonds is 3. The number of hydrogen-bond acceptors (Lipinski definition) is 1. The van der Waals surface area contributed by atoms with Crippen LogP contribution < -0.4 is 5.32 Å². The van der Waals surface area contributed by atoms with Crippen LogP contribution in [0.25, 0.3) is 0 Å². The van der Waals surface area contributed by atoms with Crippen LogP contribution in [0.2, 0.25) is 0 Å². The van der Waals surface area contributed by atoms with Gasteiger partial charge in [-0.15, -0.1) is 0 Å². The summed E-state index contributed by atoms with van der Waals surface area (Å²) in [6, 6.07) is 8.70. The van der Waals surface area contributed by atoms with Crippen LogP contribution in [0.5, 0.6) is 0 Å². The Bertz CT molecular complexity index is 503. The molecule has 0 heterocycles. The minimum atomic E-state index is -0.121. The van der Waals surface area contributed by atoms with Crippen molar-refractivity contribution in [3.05, 3.63) is 35.6 Å². The molecule has 1 aromatic rings. The highest BCUT2D eigenvalue weighted by Gasteiger charge is 2.65. The smallest absolute Gasteiger partial charge is 0.123 e. The van der Waals surface area contributed by atoms with Gasteiger partial charge in [0.1, 0.15) is 5.82 Å². The van der Waals surface area contributed by atoms with E-state index in [1.54, 1.807) is 12.1 Å². The van der Waals surface area contributed by atoms with Gasteiger partial charge in [-0.2, -0.15) is 0 Å². The lowest BCUT2D eigenvalue weighted by Gasteiger charge is -2.37. The van der Waals surface area contributed by atoms with E-state index in [-0.39, 0.29) is 5.82 Å². The molecule has 0 aliphatic heterocycles. The molecule has 0 amide bonds. The quantitative estimate of drug-likeness (QED) is 0.883. The lowest BCUT2D eigenvalue weighted by Crippen LogP contribution is -2.42. The molecule has 5 rings (SSSR count). The molecule has 4 unspecified atom stereocenters. The zero-order chi connectivity index (χ0) is 13.3. The molecular weight excluding hydrogens is 249 g/mol. The summed E-state index contributed by atoms with van der Waals surface area (Å²) >= 11 is 0. The van der Waals surface area contributed by atoms with Gasteiger partial charge >= 0.3 is 0 Å². The van der Waals surface area contributed by atoms with Crippen molar-refractivity contribution in [2.45, 2.75) is 50.1 Å². The van der Waals surface area contributed by atoms with Crippen molar-refractivity contribution in [1.82, 2.24) is 5.32 Å². The van der Waals surface area contributed by atoms with Crippen LogP contribution in [-0.2, 0) is 0 Å². The second-order valence-corrected chi connectivity index (χ2v) is 7.60. The van der Waals surface area contributed by atoms with Gasteiger partial charge in [-0.1, -0.05) is 12.1 Å². The summed E-state index contributed by atoms with van der Waals surface area (Å²) in [6.45, 7) is 0. The summed E-state index contributed by atoms with van der Waals surface area (Å²) in [6.07, 6.45) is 7.05. The first kappa shape index (κ1) is 11.7. The van der Waals surface area contributed by atoms with Crippen molar-refractivity contribution < 1.29 is 4.39 Å². The monoisotopic (exact) mass is 271 g/mol. The number of halogens is 1. The highest BCUT2D eigenvalue weighted by Crippen LogP contribution is 2.66. The van der Waals surface area contributed by atoms with E-state index in [2.05, 4.69) is 5.32 Å². The van der Waals surface area contributed by atoms with Crippen LogP contribution in [-0.4, -0.2) is 12.1 Å². The van der Waals surface area contributed by atoms with E-state index in [4.69, 9.17) is 0 Å². The van der Waals surface area contributed by atoms with Gasteiger partial charge < -0.3 is 5.32 Å². The second kappa shape index (κ2) is 4.07. The molecule has 4 atom stereocenters. The maximum absolute atomic E-state index is 12.9. The predicted molar refractivity (Wildman–Crippen MR) is 76.9 cm³/mol. The largest absolute Gasteiger partial charge is 0.311 e. The second-order valence-electron chi connectivity index (χ2n) is 7.60. The normalized spacial score (nSPS) is 48.0. The molecule has 1 N–H and O–H groups in total. The third-order valence-electron chi connectivity index (χ3n) is 6.64. The predicted octanol–water partition coefficient (Wildman–Crippen LogP) is 3.71. The Morgan fingerprint density at radius 2 is 1.55 bits per heavy atom. The fourth-order valence-electron chi connectivity index (χ4n) is 5.58. The molecule has 0 spiro atoms. The van der Waals surface area contributed by atoms with Crippen molar-refractivity contribution in [3.8, 4) is 0 Å². The molecule has 106 valence electrons. The van der Waals surface area contributed by atoms with Crippen LogP contribution in [0.4, 0.5) is 4.39 Å². The van der Waals surface area contributed by atoms with Gasteiger partial charge in [0.25, 0.3) is 0 Å². The van der Waals surface area contributed by atoms with E-state index in [1.807, 2.05) is 12.1 Å². The van der Waals surface area contributed by atoms with Gasteiger partial charge in [-0.25, -0.2) is 4.39 Å². The van der Waals surface area contributed by atoms with E-state index in [0.717, 1.165) is 35.8 Å². The first-order valence-corrected chi connectivity index (χ1v) is 8.31. The minimum Gasteiger partial charge on any atom is -0.311 e. The molecule has 1 nitrogen and oxygen atoms in total. The minimum absolute atomic E-state index is 0.121. The van der Waals surface area contributed by atoms with Gasteiger partial charge in [-0.3, -0.25) is 0 Å². The highest BCUT2D eigenvalue weighted by atomic mass is 19.1. The van der Waals surface area contributed by atoms with Crippen LogP contribution >= 0.6 is 0 Å². The molecule has 20 heavy (non-hydrogen) atoms. The molecule has 2 heteroatoms. The number of nitrogens with one attached hydrogen (secondary N) is 1. The van der Waals surface area contributed by atoms with Gasteiger partial charge in [0.15, 0.2) is 0 Å². The Kier molecular flexibility index (Phi) is 2.39. The molecular formula is C18H22FN. The fourth-order valence-corrected chi connectivity index (χ4v) is 5.58. The summed E-state index contributed by atoms with van der Waals surface area (Å²) in [4.78, 5) is 0. The zero-order valence-corrected chi connectivity index (χ0v) is 11.8. The van der Waals surface area contributed by atoms with Gasteiger partial charge in [0, 0.05) is 12.1 Å². The molecule has 0 aromatic heterocycles. The summed E-state index contributed by atoms with van der Waals surface area (Å²) in [5, 5.41) is 3.93. The standard InChI is InChI=1S/C18H22FN/c19-14-5-3-10(4-6-14)13-8-15(9-13)20-18-16-11-1-2-12(7-11)17(16)18/h3-6,11-13,15-18,20H,1-2,7-9H2. The van der Waals surface area contributed by atoms with E-state index in [0.29, 0.717) is 5.92 Å². The van der Waals surface area contributed by atoms with Crippen molar-refractivity contribution in [3.63, 3.8) is 0 Å². The summed E-state index contributed by atoms with van der Waals surface area (Å²) in [5.41, 5.74) is 1.32. The number of fused-ring (bicyclic) bond motifs is 5. The molecule has 4 aliphatic rings. The van der Waals surface area contributed by atoms with Crippen molar-refractivity contribution >= 4 is 0 Å². The Balaban J connectivity index is 1.16. The Labute approximate surface area is 120 Å². The number of benzene rings is 1. The van der Waals surface area contributed by atoms with Crippen molar-refractivity contribution in [2.24, 2.45) is 23.7 Å². The van der Waals surface area contributed by atoms with E-state index < -0.39 is 0 Å². The third kappa shape index (κ3) is 1.64. The molecule has 1 aromatic carbocycles. The van der Waals surface area contributed by atoms with E-state index in [9.17, 15) is 4.39 Å². The Morgan fingerprint density at radius 3 is 2.20 bits per heavy atom. The average molecular weight is 271 g/mol. The molecule has 2 bridgehead atoms. The summed E-state index contributed by atoms with van der Waals surface area (Å²) in [7, 11) is 0. The average Bonchev–Trinajstić information content (AvgIpc) is 2.79. The first-order chi connectivity index (χ1) is 9.79. The zero-order valence-electron chi connectivity index (χ0n) is 11.8. The van der Waals surface area contributed by atoms with Gasteiger partial charge in [-0.05, 0) is 79.4 Å². The summed E-state index contributed by atoms with van der Waals surface area (Å²) < 4.78 is 12.9. The van der Waals surface area contributed by atoms with Crippen LogP contribution in [0.1, 0.15) is 43.6 Å². The van der Waals surface area contributed by atoms with Gasteiger partial charge in [0.2, 0.25) is 0 Å². The maximum atomic E-state index is 12.9. The molecule has 0 saturated heterocycles. The van der Waals surface area contributed by atoms with Crippen LogP contribution in [0.15, 0.2) is 24.3 Å².